The molecule has 0 heterocycles. The second-order valence-electron chi connectivity index (χ2n) is 5.61. The van der Waals surface area contributed by atoms with Crippen molar-refractivity contribution in [3.63, 3.8) is 0 Å². The lowest BCUT2D eigenvalue weighted by Gasteiger charge is -2.33. The lowest BCUT2D eigenvalue weighted by atomic mass is 9.91. The number of aliphatic hydroxyl groups excluding tert-OH is 1. The summed E-state index contributed by atoms with van der Waals surface area (Å²) in [5, 5.41) is 12.7. The van der Waals surface area contributed by atoms with E-state index in [9.17, 15) is 5.11 Å². The summed E-state index contributed by atoms with van der Waals surface area (Å²) in [4.78, 5) is 2.41. The van der Waals surface area contributed by atoms with Crippen LogP contribution in [0.1, 0.15) is 47.0 Å². The van der Waals surface area contributed by atoms with Crippen molar-refractivity contribution in [1.29, 1.82) is 0 Å². The lowest BCUT2D eigenvalue weighted by Crippen LogP contribution is -2.46. The van der Waals surface area contributed by atoms with Crippen molar-refractivity contribution in [1.82, 2.24) is 10.2 Å². The number of rotatable bonds is 9. The van der Waals surface area contributed by atoms with Gasteiger partial charge < -0.3 is 15.3 Å². The highest BCUT2D eigenvalue weighted by Crippen LogP contribution is 2.17. The van der Waals surface area contributed by atoms with Crippen molar-refractivity contribution >= 4 is 0 Å². The largest absolute Gasteiger partial charge is 0.394 e. The minimum atomic E-state index is -0.0814. The summed E-state index contributed by atoms with van der Waals surface area (Å²) in [6, 6.07) is 0.620. The Morgan fingerprint density at radius 2 is 1.88 bits per heavy atom. The Morgan fingerprint density at radius 3 is 2.24 bits per heavy atom. The van der Waals surface area contributed by atoms with Gasteiger partial charge in [-0.3, -0.25) is 0 Å². The molecule has 0 aliphatic rings. The second-order valence-corrected chi connectivity index (χ2v) is 5.61. The van der Waals surface area contributed by atoms with Crippen LogP contribution in [0.3, 0.4) is 0 Å². The van der Waals surface area contributed by atoms with Crippen molar-refractivity contribution in [3.8, 4) is 0 Å². The fraction of sp³-hybridized carbons (Fsp3) is 1.00. The number of aliphatic hydroxyl groups is 1. The molecule has 0 rings (SSSR count). The first kappa shape index (κ1) is 16.9. The second kappa shape index (κ2) is 8.06. The van der Waals surface area contributed by atoms with Crippen molar-refractivity contribution in [2.24, 2.45) is 5.92 Å². The van der Waals surface area contributed by atoms with Gasteiger partial charge in [-0.15, -0.1) is 0 Å². The van der Waals surface area contributed by atoms with Crippen LogP contribution in [0.2, 0.25) is 0 Å². The number of nitrogens with one attached hydrogen (secondary N) is 1. The third kappa shape index (κ3) is 5.36. The summed E-state index contributed by atoms with van der Waals surface area (Å²) in [5.74, 6) is 0.693. The van der Waals surface area contributed by atoms with E-state index >= 15 is 0 Å². The quantitative estimate of drug-likeness (QED) is 0.652. The fourth-order valence-corrected chi connectivity index (χ4v) is 2.13. The van der Waals surface area contributed by atoms with Crippen molar-refractivity contribution in [2.45, 2.75) is 58.5 Å². The zero-order chi connectivity index (χ0) is 13.5. The van der Waals surface area contributed by atoms with E-state index in [0.29, 0.717) is 12.0 Å². The maximum absolute atomic E-state index is 9.46. The van der Waals surface area contributed by atoms with E-state index in [1.807, 2.05) is 7.05 Å². The van der Waals surface area contributed by atoms with Gasteiger partial charge in [0.1, 0.15) is 0 Å². The molecule has 0 bridgehead atoms. The number of hydrogen-bond donors (Lipinski definition) is 2. The van der Waals surface area contributed by atoms with Gasteiger partial charge >= 0.3 is 0 Å². The first-order valence-corrected chi connectivity index (χ1v) is 6.92. The summed E-state index contributed by atoms with van der Waals surface area (Å²) in [7, 11) is 4.14. The minimum absolute atomic E-state index is 0.0814. The molecule has 17 heavy (non-hydrogen) atoms. The van der Waals surface area contributed by atoms with Gasteiger partial charge in [0.25, 0.3) is 0 Å². The highest BCUT2D eigenvalue weighted by Gasteiger charge is 2.24. The molecule has 104 valence electrons. The van der Waals surface area contributed by atoms with Crippen molar-refractivity contribution in [3.05, 3.63) is 0 Å². The van der Waals surface area contributed by atoms with Gasteiger partial charge in [-0.25, -0.2) is 0 Å². The van der Waals surface area contributed by atoms with Crippen LogP contribution < -0.4 is 5.32 Å². The Hall–Kier alpha value is -0.120. The molecule has 3 nitrogen and oxygen atoms in total. The first-order chi connectivity index (χ1) is 7.92. The van der Waals surface area contributed by atoms with Crippen molar-refractivity contribution in [2.75, 3.05) is 27.2 Å². The van der Waals surface area contributed by atoms with E-state index < -0.39 is 0 Å². The smallest absolute Gasteiger partial charge is 0.0613 e. The summed E-state index contributed by atoms with van der Waals surface area (Å²) < 4.78 is 0. The first-order valence-electron chi connectivity index (χ1n) is 6.92. The highest BCUT2D eigenvalue weighted by atomic mass is 16.3. The van der Waals surface area contributed by atoms with Crippen LogP contribution in [-0.4, -0.2) is 48.8 Å². The number of hydrogen-bond acceptors (Lipinski definition) is 3. The topological polar surface area (TPSA) is 35.5 Å². The lowest BCUT2D eigenvalue weighted by molar-refractivity contribution is 0.140. The molecule has 2 N–H and O–H groups in total. The predicted octanol–water partition coefficient (Wildman–Crippen LogP) is 2.10. The zero-order valence-corrected chi connectivity index (χ0v) is 12.6. The summed E-state index contributed by atoms with van der Waals surface area (Å²) in [6.45, 7) is 10.3. The monoisotopic (exact) mass is 244 g/mol. The Kier molecular flexibility index (Phi) is 8.01. The fourth-order valence-electron chi connectivity index (χ4n) is 2.13. The average Bonchev–Trinajstić information content (AvgIpc) is 2.34. The van der Waals surface area contributed by atoms with Gasteiger partial charge in [0.2, 0.25) is 0 Å². The van der Waals surface area contributed by atoms with Crippen LogP contribution in [0.5, 0.6) is 0 Å². The van der Waals surface area contributed by atoms with Crippen LogP contribution in [0.4, 0.5) is 0 Å². The van der Waals surface area contributed by atoms with Crippen molar-refractivity contribution < 1.29 is 5.11 Å². The van der Waals surface area contributed by atoms with Crippen LogP contribution in [0.15, 0.2) is 0 Å². The van der Waals surface area contributed by atoms with Crippen LogP contribution in [-0.2, 0) is 0 Å². The number of likely N-dealkylation sites (N-methyl/N-ethyl adjacent to an activating group) is 1. The predicted molar refractivity (Wildman–Crippen MR) is 75.3 cm³/mol. The molecule has 3 heteroatoms. The molecular formula is C14H32N2O. The van der Waals surface area contributed by atoms with E-state index in [1.165, 1.54) is 0 Å². The van der Waals surface area contributed by atoms with E-state index in [0.717, 1.165) is 25.8 Å². The van der Waals surface area contributed by atoms with Crippen LogP contribution >= 0.6 is 0 Å². The average molecular weight is 244 g/mol. The molecule has 0 aromatic rings. The van der Waals surface area contributed by atoms with Gasteiger partial charge in [-0.05, 0) is 52.7 Å². The molecule has 0 saturated carbocycles. The van der Waals surface area contributed by atoms with E-state index in [1.54, 1.807) is 0 Å². The Morgan fingerprint density at radius 1 is 1.29 bits per heavy atom. The Balaban J connectivity index is 4.04. The van der Waals surface area contributed by atoms with Gasteiger partial charge in [0, 0.05) is 11.6 Å². The van der Waals surface area contributed by atoms with E-state index in [2.05, 4.69) is 45.0 Å². The maximum Gasteiger partial charge on any atom is 0.0613 e. The molecule has 0 spiro atoms. The molecule has 0 radical (unpaired) electrons. The molecule has 0 saturated heterocycles. The zero-order valence-electron chi connectivity index (χ0n) is 12.6. The summed E-state index contributed by atoms with van der Waals surface area (Å²) in [6.07, 6.45) is 3.14. The van der Waals surface area contributed by atoms with Gasteiger partial charge in [-0.1, -0.05) is 20.8 Å². The number of nitrogens with zero attached hydrogens (tertiary/aromatic N) is 1. The van der Waals surface area contributed by atoms with E-state index in [4.69, 9.17) is 0 Å². The maximum atomic E-state index is 9.46. The molecule has 2 unspecified atom stereocenters. The Labute approximate surface area is 108 Å². The van der Waals surface area contributed by atoms with Gasteiger partial charge in [0.15, 0.2) is 0 Å². The minimum Gasteiger partial charge on any atom is -0.394 e. The molecule has 0 aliphatic carbocycles. The van der Waals surface area contributed by atoms with E-state index in [-0.39, 0.29) is 12.1 Å². The third-order valence-electron chi connectivity index (χ3n) is 4.34. The van der Waals surface area contributed by atoms with Gasteiger partial charge in [0.05, 0.1) is 6.61 Å². The molecule has 0 fully saturated rings. The molecule has 0 aliphatic heterocycles. The standard InChI is InChI=1S/C14H32N2O/c1-7-14(11-17,15-5)9-8-10-16(6)13(4)12(2)3/h12-13,15,17H,7-11H2,1-6H3. The van der Waals surface area contributed by atoms with Crippen LogP contribution in [0, 0.1) is 5.92 Å². The van der Waals surface area contributed by atoms with Crippen LogP contribution in [0.25, 0.3) is 0 Å². The summed E-state index contributed by atoms with van der Waals surface area (Å²) in [5.41, 5.74) is -0.0814. The SMILES string of the molecule is CCC(CO)(CCCN(C)C(C)C(C)C)NC. The summed E-state index contributed by atoms with van der Waals surface area (Å²) >= 11 is 0. The molecule has 0 amide bonds. The molecule has 0 aromatic heterocycles. The third-order valence-corrected chi connectivity index (χ3v) is 4.34. The highest BCUT2D eigenvalue weighted by molar-refractivity contribution is 4.84. The Bertz CT molecular complexity index is 182. The normalized spacial score (nSPS) is 17.5. The molecular weight excluding hydrogens is 212 g/mol. The molecule has 2 atom stereocenters. The molecule has 0 aromatic carbocycles. The van der Waals surface area contributed by atoms with Gasteiger partial charge in [-0.2, -0.15) is 0 Å².